The SMILES string of the molecule is CC(C)=CCCC(C)=CCNCCSC1C(C)CC2CC(C)CC1C2. The number of allylic oxidation sites excluding steroid dienone is 3. The third kappa shape index (κ3) is 7.51. The van der Waals surface area contributed by atoms with E-state index in [-0.39, 0.29) is 0 Å². The van der Waals surface area contributed by atoms with Crippen molar-refractivity contribution in [3.8, 4) is 0 Å². The molecule has 5 atom stereocenters. The van der Waals surface area contributed by atoms with Gasteiger partial charge in [-0.15, -0.1) is 0 Å². The maximum atomic E-state index is 3.62. The molecule has 0 aromatic rings. The van der Waals surface area contributed by atoms with E-state index in [0.29, 0.717) is 0 Å². The highest BCUT2D eigenvalue weighted by molar-refractivity contribution is 7.99. The zero-order chi connectivity index (χ0) is 18.2. The minimum absolute atomic E-state index is 0.919. The van der Waals surface area contributed by atoms with E-state index >= 15 is 0 Å². The van der Waals surface area contributed by atoms with Gasteiger partial charge in [-0.25, -0.2) is 0 Å². The van der Waals surface area contributed by atoms with Crippen molar-refractivity contribution < 1.29 is 0 Å². The summed E-state index contributed by atoms with van der Waals surface area (Å²) in [6.07, 6.45) is 13.1. The fraction of sp³-hybridized carbons (Fsp3) is 0.826. The predicted molar refractivity (Wildman–Crippen MR) is 115 cm³/mol. The first-order valence-corrected chi connectivity index (χ1v) is 11.6. The first kappa shape index (κ1) is 21.1. The van der Waals surface area contributed by atoms with Crippen LogP contribution in [0, 0.1) is 23.7 Å². The summed E-state index contributed by atoms with van der Waals surface area (Å²) in [5.41, 5.74) is 2.94. The molecule has 25 heavy (non-hydrogen) atoms. The summed E-state index contributed by atoms with van der Waals surface area (Å²) in [6.45, 7) is 13.8. The van der Waals surface area contributed by atoms with Crippen LogP contribution in [0.5, 0.6) is 0 Å². The molecule has 0 aliphatic heterocycles. The second kappa shape index (κ2) is 10.8. The first-order chi connectivity index (χ1) is 12.0. The predicted octanol–water partition coefficient (Wildman–Crippen LogP) is 6.46. The summed E-state index contributed by atoms with van der Waals surface area (Å²) in [6, 6.07) is 0. The number of hydrogen-bond donors (Lipinski definition) is 1. The molecule has 0 heterocycles. The van der Waals surface area contributed by atoms with E-state index in [1.807, 2.05) is 0 Å². The molecule has 2 rings (SSSR count). The standard InChI is InChI=1S/C23H41NS/c1-17(2)7-6-8-18(3)9-10-24-11-12-25-23-20(5)15-21-13-19(4)14-22(23)16-21/h7,9,19-24H,6,8,10-16H2,1-5H3. The molecule has 2 heteroatoms. The molecule has 0 aromatic heterocycles. The summed E-state index contributed by atoms with van der Waals surface area (Å²) in [5, 5.41) is 4.54. The highest BCUT2D eigenvalue weighted by Gasteiger charge is 2.39. The number of nitrogens with one attached hydrogen (secondary N) is 1. The fourth-order valence-corrected chi connectivity index (χ4v) is 6.46. The Kier molecular flexibility index (Phi) is 9.13. The molecule has 5 unspecified atom stereocenters. The van der Waals surface area contributed by atoms with E-state index < -0.39 is 0 Å². The zero-order valence-corrected chi connectivity index (χ0v) is 18.1. The van der Waals surface area contributed by atoms with Gasteiger partial charge in [0.15, 0.2) is 0 Å². The van der Waals surface area contributed by atoms with Crippen LogP contribution in [0.4, 0.5) is 0 Å². The third-order valence-corrected chi connectivity index (χ3v) is 7.76. The minimum atomic E-state index is 0.919. The molecule has 2 fully saturated rings. The van der Waals surface area contributed by atoms with Gasteiger partial charge < -0.3 is 5.32 Å². The maximum Gasteiger partial charge on any atom is 0.0137 e. The molecule has 0 aromatic carbocycles. The molecule has 2 aliphatic rings. The van der Waals surface area contributed by atoms with Crippen LogP contribution in [0.15, 0.2) is 23.3 Å². The Labute approximate surface area is 161 Å². The largest absolute Gasteiger partial charge is 0.312 e. The van der Waals surface area contributed by atoms with Crippen LogP contribution >= 0.6 is 11.8 Å². The highest BCUT2D eigenvalue weighted by Crippen LogP contribution is 2.48. The fourth-order valence-electron chi connectivity index (χ4n) is 4.99. The lowest BCUT2D eigenvalue weighted by atomic mass is 9.65. The third-order valence-electron chi connectivity index (χ3n) is 6.08. The molecule has 2 bridgehead atoms. The Morgan fingerprint density at radius 2 is 1.84 bits per heavy atom. The van der Waals surface area contributed by atoms with Crippen molar-refractivity contribution in [2.24, 2.45) is 23.7 Å². The Bertz CT molecular complexity index is 445. The highest BCUT2D eigenvalue weighted by atomic mass is 32.2. The summed E-state index contributed by atoms with van der Waals surface area (Å²) >= 11 is 2.26. The van der Waals surface area contributed by atoms with Gasteiger partial charge in [-0.2, -0.15) is 11.8 Å². The van der Waals surface area contributed by atoms with Gasteiger partial charge in [0.1, 0.15) is 0 Å². The monoisotopic (exact) mass is 363 g/mol. The summed E-state index contributed by atoms with van der Waals surface area (Å²) < 4.78 is 0. The van der Waals surface area contributed by atoms with Gasteiger partial charge in [0, 0.05) is 24.1 Å². The average Bonchev–Trinajstić information content (AvgIpc) is 2.52. The Morgan fingerprint density at radius 1 is 1.04 bits per heavy atom. The van der Waals surface area contributed by atoms with Crippen LogP contribution in [0.1, 0.15) is 73.1 Å². The Morgan fingerprint density at radius 3 is 2.60 bits per heavy atom. The van der Waals surface area contributed by atoms with Crippen LogP contribution in [0.2, 0.25) is 0 Å². The van der Waals surface area contributed by atoms with Gasteiger partial charge in [-0.1, -0.05) is 37.1 Å². The minimum Gasteiger partial charge on any atom is -0.312 e. The van der Waals surface area contributed by atoms with Gasteiger partial charge in [0.2, 0.25) is 0 Å². The molecule has 2 saturated carbocycles. The van der Waals surface area contributed by atoms with Crippen LogP contribution < -0.4 is 5.32 Å². The molecular formula is C23H41NS. The molecular weight excluding hydrogens is 322 g/mol. The van der Waals surface area contributed by atoms with E-state index in [1.54, 1.807) is 0 Å². The van der Waals surface area contributed by atoms with Crippen molar-refractivity contribution in [1.29, 1.82) is 0 Å². The molecule has 0 spiro atoms. The van der Waals surface area contributed by atoms with Crippen molar-refractivity contribution >= 4 is 11.8 Å². The quantitative estimate of drug-likeness (QED) is 0.372. The summed E-state index contributed by atoms with van der Waals surface area (Å²) in [7, 11) is 0. The van der Waals surface area contributed by atoms with Crippen LogP contribution in [-0.2, 0) is 0 Å². The van der Waals surface area contributed by atoms with Crippen molar-refractivity contribution in [2.75, 3.05) is 18.8 Å². The molecule has 0 amide bonds. The smallest absolute Gasteiger partial charge is 0.0137 e. The lowest BCUT2D eigenvalue weighted by Crippen LogP contribution is -2.39. The summed E-state index contributed by atoms with van der Waals surface area (Å²) in [5.74, 6) is 5.21. The van der Waals surface area contributed by atoms with Crippen LogP contribution in [-0.4, -0.2) is 24.1 Å². The molecule has 1 nitrogen and oxygen atoms in total. The number of hydrogen-bond acceptors (Lipinski definition) is 2. The van der Waals surface area contributed by atoms with Crippen molar-refractivity contribution in [2.45, 2.75) is 78.4 Å². The van der Waals surface area contributed by atoms with Gasteiger partial charge in [-0.05, 0) is 83.0 Å². The van der Waals surface area contributed by atoms with Gasteiger partial charge in [0.05, 0.1) is 0 Å². The molecule has 0 radical (unpaired) electrons. The van der Waals surface area contributed by atoms with E-state index in [9.17, 15) is 0 Å². The lowest BCUT2D eigenvalue weighted by molar-refractivity contribution is 0.118. The van der Waals surface area contributed by atoms with E-state index in [4.69, 9.17) is 0 Å². The molecule has 2 aliphatic carbocycles. The van der Waals surface area contributed by atoms with Crippen molar-refractivity contribution in [3.05, 3.63) is 23.3 Å². The Balaban J connectivity index is 1.60. The van der Waals surface area contributed by atoms with Crippen molar-refractivity contribution in [1.82, 2.24) is 5.32 Å². The van der Waals surface area contributed by atoms with Crippen molar-refractivity contribution in [3.63, 3.8) is 0 Å². The topological polar surface area (TPSA) is 12.0 Å². The van der Waals surface area contributed by atoms with E-state index in [0.717, 1.165) is 42.0 Å². The second-order valence-electron chi connectivity index (χ2n) is 9.06. The average molecular weight is 364 g/mol. The second-order valence-corrected chi connectivity index (χ2v) is 10.3. The normalized spacial score (nSPS) is 32.5. The lowest BCUT2D eigenvalue weighted by Gasteiger charge is -2.46. The van der Waals surface area contributed by atoms with Crippen LogP contribution in [0.3, 0.4) is 0 Å². The number of fused-ring (bicyclic) bond motifs is 2. The van der Waals surface area contributed by atoms with E-state index in [1.165, 1.54) is 55.4 Å². The van der Waals surface area contributed by atoms with Gasteiger partial charge >= 0.3 is 0 Å². The molecule has 0 saturated heterocycles. The maximum absolute atomic E-state index is 3.62. The van der Waals surface area contributed by atoms with Crippen LogP contribution in [0.25, 0.3) is 0 Å². The summed E-state index contributed by atoms with van der Waals surface area (Å²) in [4.78, 5) is 0. The Hall–Kier alpha value is -0.210. The number of rotatable bonds is 9. The first-order valence-electron chi connectivity index (χ1n) is 10.6. The van der Waals surface area contributed by atoms with Gasteiger partial charge in [0.25, 0.3) is 0 Å². The molecule has 144 valence electrons. The number of thioether (sulfide) groups is 1. The zero-order valence-electron chi connectivity index (χ0n) is 17.3. The van der Waals surface area contributed by atoms with E-state index in [2.05, 4.69) is 63.8 Å². The molecule has 1 N–H and O–H groups in total. The van der Waals surface area contributed by atoms with Gasteiger partial charge in [-0.3, -0.25) is 0 Å².